The number of carbonyl (C=O) groups excluding carboxylic acids is 3. The first kappa shape index (κ1) is 54.1. The van der Waals surface area contributed by atoms with E-state index in [1.165, 1.54) is 7.11 Å². The maximum absolute atomic E-state index is 14.2. The molecular formula is C53H78O19. The Labute approximate surface area is 421 Å². The van der Waals surface area contributed by atoms with Crippen LogP contribution in [-0.4, -0.2) is 180 Å². The molecule has 4 saturated heterocycles. The van der Waals surface area contributed by atoms with Gasteiger partial charge < -0.3 is 77.6 Å². The summed E-state index contributed by atoms with van der Waals surface area (Å²) >= 11 is 0. The van der Waals surface area contributed by atoms with E-state index >= 15 is 0 Å². The van der Waals surface area contributed by atoms with Crippen LogP contribution in [0.3, 0.4) is 0 Å². The van der Waals surface area contributed by atoms with Gasteiger partial charge in [0.25, 0.3) is 0 Å². The molecule has 25 atom stereocenters. The molecule has 1 aromatic rings. The Hall–Kier alpha value is -2.73. The minimum Gasteiger partial charge on any atom is -0.458 e. The highest BCUT2D eigenvalue weighted by atomic mass is 16.8. The maximum atomic E-state index is 14.2. The van der Waals surface area contributed by atoms with Gasteiger partial charge in [-0.3, -0.25) is 9.59 Å². The highest BCUT2D eigenvalue weighted by molar-refractivity contribution is 5.89. The zero-order valence-electron chi connectivity index (χ0n) is 43.0. The van der Waals surface area contributed by atoms with E-state index in [2.05, 4.69) is 6.92 Å². The fourth-order valence-electron chi connectivity index (χ4n) is 14.8. The number of carbonyl (C=O) groups is 3. The lowest BCUT2D eigenvalue weighted by Gasteiger charge is -2.61. The lowest BCUT2D eigenvalue weighted by Crippen LogP contribution is -2.71. The molecule has 8 fully saturated rings. The molecule has 72 heavy (non-hydrogen) atoms. The Kier molecular flexibility index (Phi) is 15.5. The molecule has 9 rings (SSSR count). The van der Waals surface area contributed by atoms with Crippen molar-refractivity contribution in [1.82, 2.24) is 0 Å². The second-order valence-electron chi connectivity index (χ2n) is 22.5. The number of esters is 2. The second-order valence-corrected chi connectivity index (χ2v) is 22.5. The van der Waals surface area contributed by atoms with Crippen molar-refractivity contribution in [3.05, 3.63) is 35.9 Å². The van der Waals surface area contributed by atoms with Crippen molar-refractivity contribution in [2.24, 2.45) is 34.5 Å². The third kappa shape index (κ3) is 8.80. The summed E-state index contributed by atoms with van der Waals surface area (Å²) in [6.45, 7) is 12.6. The molecule has 1 aromatic carbocycles. The standard InChI is InChI=1S/C53H78O19/c1-10-25(2)46(60)68-43-44-50(6)19-17-31(22-30(50)16-20-52(44)53(72-52)21-18-32(26(3)55)51(53,7)45(43)71-47(61)29-14-12-11-13-15-29)66-35-23-33(62-8)40(27(4)64-35)69-49-39(59)42(63-9)41(28(5)65-49)70-48-38(58)37(57)36(56)34(24-54)67-48/h11-15,25,27-28,30-45,48-49,54,56-59H,10,16-24H2,1-9H3. The molecule has 19 nitrogen and oxygen atoms in total. The van der Waals surface area contributed by atoms with Crippen LogP contribution in [0.2, 0.25) is 0 Å². The number of hydrogen-bond donors (Lipinski definition) is 5. The van der Waals surface area contributed by atoms with Crippen LogP contribution in [0.15, 0.2) is 30.3 Å². The van der Waals surface area contributed by atoms with Crippen molar-refractivity contribution in [3.63, 3.8) is 0 Å². The van der Waals surface area contributed by atoms with E-state index < -0.39 is 145 Å². The van der Waals surface area contributed by atoms with Crippen molar-refractivity contribution in [2.45, 2.75) is 222 Å². The summed E-state index contributed by atoms with van der Waals surface area (Å²) in [7, 11) is 2.95. The molecule has 0 radical (unpaired) electrons. The topological polar surface area (TPSA) is 257 Å². The fourth-order valence-corrected chi connectivity index (χ4v) is 14.8. The fraction of sp³-hybridized carbons (Fsp3) is 0.830. The highest BCUT2D eigenvalue weighted by Crippen LogP contribution is 2.81. The maximum Gasteiger partial charge on any atom is 0.338 e. The molecule has 4 aliphatic heterocycles. The molecule has 0 aromatic heterocycles. The van der Waals surface area contributed by atoms with Gasteiger partial charge in [0, 0.05) is 37.9 Å². The quantitative estimate of drug-likeness (QED) is 0.0961. The summed E-state index contributed by atoms with van der Waals surface area (Å²) < 4.78 is 69.8. The largest absolute Gasteiger partial charge is 0.458 e. The first-order chi connectivity index (χ1) is 34.2. The van der Waals surface area contributed by atoms with Gasteiger partial charge >= 0.3 is 11.9 Å². The normalized spacial score (nSPS) is 49.0. The first-order valence-electron chi connectivity index (χ1n) is 26.2. The molecule has 5 N–H and O–H groups in total. The Morgan fingerprint density at radius 2 is 1.46 bits per heavy atom. The van der Waals surface area contributed by atoms with Gasteiger partial charge in [0.2, 0.25) is 0 Å². The van der Waals surface area contributed by atoms with E-state index in [9.17, 15) is 39.9 Å². The predicted molar refractivity (Wildman–Crippen MR) is 250 cm³/mol. The molecule has 25 unspecified atom stereocenters. The van der Waals surface area contributed by atoms with Crippen molar-refractivity contribution in [2.75, 3.05) is 20.8 Å². The number of aliphatic hydroxyl groups excluding tert-OH is 5. The summed E-state index contributed by atoms with van der Waals surface area (Å²) in [6, 6.07) is 8.79. The summed E-state index contributed by atoms with van der Waals surface area (Å²) in [5.41, 5.74) is -2.43. The van der Waals surface area contributed by atoms with Crippen LogP contribution < -0.4 is 0 Å². The van der Waals surface area contributed by atoms with E-state index in [1.54, 1.807) is 45.2 Å². The number of methoxy groups -OCH3 is 2. The summed E-state index contributed by atoms with van der Waals surface area (Å²) in [6.07, 6.45) is -12.0. The highest BCUT2D eigenvalue weighted by Gasteiger charge is 2.91. The van der Waals surface area contributed by atoms with Crippen LogP contribution >= 0.6 is 0 Å². The number of aliphatic hydroxyl groups is 5. The number of epoxide rings is 1. The molecule has 19 heteroatoms. The van der Waals surface area contributed by atoms with Crippen LogP contribution in [0.25, 0.3) is 0 Å². The molecule has 4 aliphatic carbocycles. The van der Waals surface area contributed by atoms with Gasteiger partial charge in [0.15, 0.2) is 18.9 Å². The summed E-state index contributed by atoms with van der Waals surface area (Å²) in [4.78, 5) is 41.9. The number of hydrogen-bond acceptors (Lipinski definition) is 19. The van der Waals surface area contributed by atoms with E-state index in [0.717, 1.165) is 6.42 Å². The van der Waals surface area contributed by atoms with E-state index in [0.29, 0.717) is 56.9 Å². The zero-order valence-corrected chi connectivity index (χ0v) is 43.0. The number of Topliss-reactive ketones (excluding diaryl/α,β-unsaturated/α-hetero) is 1. The molecule has 0 bridgehead atoms. The average Bonchev–Trinajstić information content (AvgIpc) is 3.91. The van der Waals surface area contributed by atoms with Gasteiger partial charge in [-0.2, -0.15) is 0 Å². The number of fused-ring (bicyclic) bond motifs is 2. The van der Waals surface area contributed by atoms with Crippen LogP contribution in [0, 0.1) is 34.5 Å². The van der Waals surface area contributed by atoms with Gasteiger partial charge in [0.1, 0.15) is 78.0 Å². The SMILES string of the molecule is CCC(C)C(=O)OC1C2C3(C)CCC(OC4CC(OC)C(OC5OC(C)C(OC6OC(CO)C(O)C(O)C6O)C(OC)C5O)C(C)O4)CC3CCC23OC32CCC(C(C)=O)C2(C)C1OC(=O)c1ccccc1. The molecule has 4 heterocycles. The van der Waals surface area contributed by atoms with Crippen molar-refractivity contribution >= 4 is 17.7 Å². The zero-order chi connectivity index (χ0) is 51.8. The number of ketones is 1. The van der Waals surface area contributed by atoms with Crippen LogP contribution in [0.1, 0.15) is 117 Å². The van der Waals surface area contributed by atoms with E-state index in [4.69, 9.17) is 52.1 Å². The summed E-state index contributed by atoms with van der Waals surface area (Å²) in [5.74, 6) is -1.98. The molecular weight excluding hydrogens is 941 g/mol. The van der Waals surface area contributed by atoms with E-state index in [1.807, 2.05) is 33.8 Å². The molecule has 0 amide bonds. The van der Waals surface area contributed by atoms with Crippen LogP contribution in [0.4, 0.5) is 0 Å². The minimum atomic E-state index is -1.67. The number of benzene rings is 1. The van der Waals surface area contributed by atoms with Crippen molar-refractivity contribution in [1.29, 1.82) is 0 Å². The third-order valence-electron chi connectivity index (χ3n) is 18.9. The molecule has 404 valence electrons. The predicted octanol–water partition coefficient (Wildman–Crippen LogP) is 3.14. The van der Waals surface area contributed by atoms with Crippen molar-refractivity contribution < 1.29 is 92.0 Å². The first-order valence-corrected chi connectivity index (χ1v) is 26.2. The Balaban J connectivity index is 0.895. The van der Waals surface area contributed by atoms with Gasteiger partial charge in [0.05, 0.1) is 42.5 Å². The average molecular weight is 1020 g/mol. The molecule has 4 saturated carbocycles. The van der Waals surface area contributed by atoms with E-state index in [-0.39, 0.29) is 29.7 Å². The van der Waals surface area contributed by atoms with Gasteiger partial charge in [-0.1, -0.05) is 45.9 Å². The van der Waals surface area contributed by atoms with Crippen LogP contribution in [-0.2, 0) is 61.7 Å². The molecule has 8 aliphatic rings. The van der Waals surface area contributed by atoms with Crippen molar-refractivity contribution in [3.8, 4) is 0 Å². The second kappa shape index (κ2) is 20.7. The minimum absolute atomic E-state index is 0.00202. The lowest BCUT2D eigenvalue weighted by atomic mass is 9.43. The Morgan fingerprint density at radius 3 is 2.12 bits per heavy atom. The number of rotatable bonds is 15. The number of ether oxygens (including phenoxy) is 11. The summed E-state index contributed by atoms with van der Waals surface area (Å²) in [5, 5.41) is 52.5. The smallest absolute Gasteiger partial charge is 0.338 e. The molecule has 2 spiro atoms. The Bertz CT molecular complexity index is 2100. The van der Waals surface area contributed by atoms with Crippen LogP contribution in [0.5, 0.6) is 0 Å². The lowest BCUT2D eigenvalue weighted by molar-refractivity contribution is -0.371. The Morgan fingerprint density at radius 1 is 0.764 bits per heavy atom. The van der Waals surface area contributed by atoms with Gasteiger partial charge in [-0.05, 0) is 95.6 Å². The monoisotopic (exact) mass is 1020 g/mol. The van der Waals surface area contributed by atoms with Gasteiger partial charge in [-0.25, -0.2) is 4.79 Å². The third-order valence-corrected chi connectivity index (χ3v) is 18.9. The van der Waals surface area contributed by atoms with Gasteiger partial charge in [-0.15, -0.1) is 0 Å².